The Balaban J connectivity index is 2.32. The van der Waals surface area contributed by atoms with E-state index in [1.165, 1.54) is 0 Å². The van der Waals surface area contributed by atoms with Crippen LogP contribution < -0.4 is 15.5 Å². The Morgan fingerprint density at radius 2 is 2.18 bits per heavy atom. The number of hydrogen-bond donors (Lipinski definition) is 2. The third-order valence-electron chi connectivity index (χ3n) is 3.15. The highest BCUT2D eigenvalue weighted by molar-refractivity contribution is 6.04. The van der Waals surface area contributed by atoms with E-state index in [2.05, 4.69) is 17.6 Å². The molecule has 1 heterocycles. The largest absolute Gasteiger partial charge is 0.372 e. The van der Waals surface area contributed by atoms with Crippen LogP contribution in [0.4, 0.5) is 11.4 Å². The number of carbonyl (C=O) groups excluding carboxylic acids is 1. The zero-order valence-corrected chi connectivity index (χ0v) is 10.5. The van der Waals surface area contributed by atoms with E-state index in [-0.39, 0.29) is 18.0 Å². The van der Waals surface area contributed by atoms with Gasteiger partial charge in [-0.2, -0.15) is 0 Å². The first-order chi connectivity index (χ1) is 8.13. The Morgan fingerprint density at radius 1 is 1.47 bits per heavy atom. The van der Waals surface area contributed by atoms with Crippen molar-refractivity contribution in [1.82, 2.24) is 5.32 Å². The van der Waals surface area contributed by atoms with Gasteiger partial charge in [0.2, 0.25) is 5.91 Å². The van der Waals surface area contributed by atoms with Crippen LogP contribution in [0.15, 0.2) is 24.3 Å². The molecule has 0 aromatic heterocycles. The molecule has 17 heavy (non-hydrogen) atoms. The molecule has 0 saturated heterocycles. The van der Waals surface area contributed by atoms with Gasteiger partial charge in [-0.25, -0.2) is 0 Å². The normalized spacial score (nSPS) is 20.8. The number of rotatable bonds is 3. The summed E-state index contributed by atoms with van der Waals surface area (Å²) in [7, 11) is 1.91. The van der Waals surface area contributed by atoms with Crippen molar-refractivity contribution in [3.63, 3.8) is 0 Å². The molecular weight excluding hydrogens is 214 g/mol. The average molecular weight is 233 g/mol. The van der Waals surface area contributed by atoms with Gasteiger partial charge in [-0.3, -0.25) is 4.79 Å². The number of benzene rings is 1. The highest BCUT2D eigenvalue weighted by Crippen LogP contribution is 2.30. The van der Waals surface area contributed by atoms with E-state index >= 15 is 0 Å². The van der Waals surface area contributed by atoms with Crippen LogP contribution in [0.25, 0.3) is 0 Å². The van der Waals surface area contributed by atoms with Crippen LogP contribution in [0.1, 0.15) is 13.8 Å². The summed E-state index contributed by atoms with van der Waals surface area (Å²) in [6, 6.07) is 8.05. The summed E-state index contributed by atoms with van der Waals surface area (Å²) in [5.74, 6) is 0.130. The second-order valence-electron chi connectivity index (χ2n) is 4.52. The Bertz CT molecular complexity index is 419. The van der Waals surface area contributed by atoms with Gasteiger partial charge in [-0.05, 0) is 33.0 Å². The van der Waals surface area contributed by atoms with Crippen molar-refractivity contribution in [2.24, 2.45) is 0 Å². The quantitative estimate of drug-likeness (QED) is 0.830. The lowest BCUT2D eigenvalue weighted by atomic mass is 10.1. The summed E-state index contributed by atoms with van der Waals surface area (Å²) in [4.78, 5) is 14.0. The van der Waals surface area contributed by atoms with Crippen LogP contribution in [-0.4, -0.2) is 31.6 Å². The maximum Gasteiger partial charge on any atom is 0.249 e. The third kappa shape index (κ3) is 2.26. The van der Waals surface area contributed by atoms with E-state index in [9.17, 15) is 4.79 Å². The highest BCUT2D eigenvalue weighted by Gasteiger charge is 2.29. The lowest BCUT2D eigenvalue weighted by Crippen LogP contribution is -2.50. The zero-order valence-electron chi connectivity index (χ0n) is 10.5. The maximum absolute atomic E-state index is 12.2. The number of anilines is 2. The van der Waals surface area contributed by atoms with Gasteiger partial charge in [-0.15, -0.1) is 0 Å². The molecule has 0 saturated carbocycles. The first-order valence-corrected chi connectivity index (χ1v) is 5.97. The molecule has 1 amide bonds. The van der Waals surface area contributed by atoms with Crippen LogP contribution in [0.3, 0.4) is 0 Å². The van der Waals surface area contributed by atoms with Crippen molar-refractivity contribution in [3.05, 3.63) is 24.3 Å². The van der Waals surface area contributed by atoms with Gasteiger partial charge in [0, 0.05) is 12.6 Å². The summed E-state index contributed by atoms with van der Waals surface area (Å²) >= 11 is 0. The minimum absolute atomic E-state index is 0.130. The van der Waals surface area contributed by atoms with Gasteiger partial charge in [0.05, 0.1) is 11.4 Å². The Kier molecular flexibility index (Phi) is 3.33. The Hall–Kier alpha value is -1.55. The zero-order chi connectivity index (χ0) is 12.4. The number of hydrogen-bond acceptors (Lipinski definition) is 3. The van der Waals surface area contributed by atoms with Crippen molar-refractivity contribution in [1.29, 1.82) is 0 Å². The SMILES string of the molecule is CNC(C)CN1C(=O)C(C)Nc2ccccc21. The average Bonchev–Trinajstić information content (AvgIpc) is 2.34. The maximum atomic E-state index is 12.2. The molecule has 4 heteroatoms. The molecule has 1 aromatic rings. The van der Waals surface area contributed by atoms with Crippen molar-refractivity contribution < 1.29 is 4.79 Å². The lowest BCUT2D eigenvalue weighted by molar-refractivity contribution is -0.119. The number of nitrogens with one attached hydrogen (secondary N) is 2. The van der Waals surface area contributed by atoms with Gasteiger partial charge in [0.15, 0.2) is 0 Å². The van der Waals surface area contributed by atoms with Crippen LogP contribution in [-0.2, 0) is 4.79 Å². The van der Waals surface area contributed by atoms with Gasteiger partial charge in [0.1, 0.15) is 6.04 Å². The lowest BCUT2D eigenvalue weighted by Gasteiger charge is -2.35. The number of fused-ring (bicyclic) bond motifs is 1. The molecule has 0 radical (unpaired) electrons. The molecule has 1 aromatic carbocycles. The Morgan fingerprint density at radius 3 is 2.88 bits per heavy atom. The molecule has 1 aliphatic rings. The predicted molar refractivity (Wildman–Crippen MR) is 70.4 cm³/mol. The molecule has 0 fully saturated rings. The molecule has 2 unspecified atom stereocenters. The molecule has 2 rings (SSSR count). The van der Waals surface area contributed by atoms with Gasteiger partial charge >= 0.3 is 0 Å². The second kappa shape index (κ2) is 4.75. The highest BCUT2D eigenvalue weighted by atomic mass is 16.2. The van der Waals surface area contributed by atoms with E-state index in [1.54, 1.807) is 0 Å². The predicted octanol–water partition coefficient (Wildman–Crippen LogP) is 1.44. The smallest absolute Gasteiger partial charge is 0.249 e. The fraction of sp³-hybridized carbons (Fsp3) is 0.462. The van der Waals surface area contributed by atoms with Crippen LogP contribution >= 0.6 is 0 Å². The van der Waals surface area contributed by atoms with Crippen LogP contribution in [0.5, 0.6) is 0 Å². The fourth-order valence-electron chi connectivity index (χ4n) is 2.03. The van der Waals surface area contributed by atoms with E-state index in [1.807, 2.05) is 43.1 Å². The van der Waals surface area contributed by atoms with Gasteiger partial charge in [-0.1, -0.05) is 12.1 Å². The molecule has 4 nitrogen and oxygen atoms in total. The molecule has 0 aliphatic carbocycles. The van der Waals surface area contributed by atoms with Crippen molar-refractivity contribution >= 4 is 17.3 Å². The molecule has 0 spiro atoms. The summed E-state index contributed by atoms with van der Waals surface area (Å²) < 4.78 is 0. The standard InChI is InChI=1S/C13H19N3O/c1-9(14-3)8-16-12-7-5-4-6-11(12)15-10(2)13(16)17/h4-7,9-10,14-15H,8H2,1-3H3. The van der Waals surface area contributed by atoms with E-state index < -0.39 is 0 Å². The number of nitrogens with zero attached hydrogens (tertiary/aromatic N) is 1. The van der Waals surface area contributed by atoms with Crippen molar-refractivity contribution in [2.75, 3.05) is 23.8 Å². The van der Waals surface area contributed by atoms with Crippen molar-refractivity contribution in [3.8, 4) is 0 Å². The second-order valence-corrected chi connectivity index (χ2v) is 4.52. The van der Waals surface area contributed by atoms with Crippen LogP contribution in [0, 0.1) is 0 Å². The van der Waals surface area contributed by atoms with Crippen molar-refractivity contribution in [2.45, 2.75) is 25.9 Å². The number of likely N-dealkylation sites (N-methyl/N-ethyl adjacent to an activating group) is 1. The minimum Gasteiger partial charge on any atom is -0.372 e. The first-order valence-electron chi connectivity index (χ1n) is 5.97. The molecule has 2 atom stereocenters. The summed E-state index contributed by atoms with van der Waals surface area (Å²) in [5.41, 5.74) is 2.00. The first kappa shape index (κ1) is 11.9. The summed E-state index contributed by atoms with van der Waals surface area (Å²) in [6.07, 6.45) is 0. The number of carbonyl (C=O) groups is 1. The van der Waals surface area contributed by atoms with E-state index in [0.29, 0.717) is 6.54 Å². The number of amides is 1. The molecule has 0 bridgehead atoms. The van der Waals surface area contributed by atoms with Gasteiger partial charge < -0.3 is 15.5 Å². The fourth-order valence-corrected chi connectivity index (χ4v) is 2.03. The topological polar surface area (TPSA) is 44.4 Å². The third-order valence-corrected chi connectivity index (χ3v) is 3.15. The molecular formula is C13H19N3O. The van der Waals surface area contributed by atoms with E-state index in [0.717, 1.165) is 11.4 Å². The Labute approximate surface area is 102 Å². The summed E-state index contributed by atoms with van der Waals surface area (Å²) in [5, 5.41) is 6.38. The van der Waals surface area contributed by atoms with E-state index in [4.69, 9.17) is 0 Å². The number of para-hydroxylation sites is 2. The minimum atomic E-state index is -0.158. The molecule has 1 aliphatic heterocycles. The van der Waals surface area contributed by atoms with Crippen LogP contribution in [0.2, 0.25) is 0 Å². The van der Waals surface area contributed by atoms with Gasteiger partial charge in [0.25, 0.3) is 0 Å². The molecule has 92 valence electrons. The monoisotopic (exact) mass is 233 g/mol. The molecule has 2 N–H and O–H groups in total. The summed E-state index contributed by atoms with van der Waals surface area (Å²) in [6.45, 7) is 4.66.